The van der Waals surface area contributed by atoms with Crippen LogP contribution in [-0.4, -0.2) is 43.8 Å². The molecule has 3 aromatic carbocycles. The fourth-order valence-corrected chi connectivity index (χ4v) is 5.70. The van der Waals surface area contributed by atoms with Gasteiger partial charge in [-0.3, -0.25) is 13.9 Å². The van der Waals surface area contributed by atoms with E-state index in [0.717, 1.165) is 27.4 Å². The first-order chi connectivity index (χ1) is 18.6. The molecule has 0 bridgehead atoms. The van der Waals surface area contributed by atoms with Crippen molar-refractivity contribution in [2.75, 3.05) is 10.8 Å². The van der Waals surface area contributed by atoms with Crippen molar-refractivity contribution in [3.8, 4) is 0 Å². The van der Waals surface area contributed by atoms with Gasteiger partial charge in [-0.1, -0.05) is 74.0 Å². The van der Waals surface area contributed by atoms with E-state index in [2.05, 4.69) is 5.32 Å². The predicted molar refractivity (Wildman–Crippen MR) is 156 cm³/mol. The van der Waals surface area contributed by atoms with Gasteiger partial charge in [-0.2, -0.15) is 0 Å². The highest BCUT2D eigenvalue weighted by molar-refractivity contribution is 7.92. The lowest BCUT2D eigenvalue weighted by molar-refractivity contribution is -0.140. The van der Waals surface area contributed by atoms with Gasteiger partial charge in [-0.15, -0.1) is 0 Å². The third-order valence-electron chi connectivity index (χ3n) is 6.76. The van der Waals surface area contributed by atoms with Gasteiger partial charge in [-0.25, -0.2) is 8.42 Å². The third-order valence-corrected chi connectivity index (χ3v) is 8.55. The molecule has 0 fully saturated rings. The highest BCUT2D eigenvalue weighted by atomic mass is 32.2. The number of hydrogen-bond acceptors (Lipinski definition) is 4. The Morgan fingerprint density at radius 2 is 1.51 bits per heavy atom. The number of nitrogens with one attached hydrogen (secondary N) is 1. The summed E-state index contributed by atoms with van der Waals surface area (Å²) in [6, 6.07) is 22.2. The average Bonchev–Trinajstić information content (AvgIpc) is 2.92. The van der Waals surface area contributed by atoms with Crippen LogP contribution in [0.3, 0.4) is 0 Å². The number of sulfonamides is 1. The Morgan fingerprint density at radius 3 is 2.10 bits per heavy atom. The Labute approximate surface area is 232 Å². The smallest absolute Gasteiger partial charge is 0.264 e. The van der Waals surface area contributed by atoms with E-state index in [1.807, 2.05) is 71.0 Å². The van der Waals surface area contributed by atoms with Gasteiger partial charge in [0.05, 0.1) is 10.6 Å². The van der Waals surface area contributed by atoms with Crippen LogP contribution >= 0.6 is 0 Å². The largest absolute Gasteiger partial charge is 0.352 e. The number of benzene rings is 3. The third kappa shape index (κ3) is 7.69. The number of nitrogens with zero attached hydrogens (tertiary/aromatic N) is 2. The fourth-order valence-electron chi connectivity index (χ4n) is 4.29. The summed E-state index contributed by atoms with van der Waals surface area (Å²) in [4.78, 5) is 28.9. The van der Waals surface area contributed by atoms with Crippen LogP contribution in [0.1, 0.15) is 50.3 Å². The number of carbonyl (C=O) groups is 2. The molecule has 0 aliphatic carbocycles. The minimum atomic E-state index is -4.08. The second-order valence-corrected chi connectivity index (χ2v) is 11.8. The maximum atomic E-state index is 14.0. The first kappa shape index (κ1) is 29.9. The summed E-state index contributed by atoms with van der Waals surface area (Å²) in [5, 5.41) is 2.99. The fraction of sp³-hybridized carbons (Fsp3) is 0.355. The summed E-state index contributed by atoms with van der Waals surface area (Å²) >= 11 is 0. The Morgan fingerprint density at radius 1 is 0.846 bits per heavy atom. The number of amides is 2. The molecule has 8 heteroatoms. The molecule has 0 heterocycles. The molecule has 0 aliphatic heterocycles. The zero-order chi connectivity index (χ0) is 28.6. The van der Waals surface area contributed by atoms with E-state index in [4.69, 9.17) is 0 Å². The first-order valence-electron chi connectivity index (χ1n) is 13.4. The Balaban J connectivity index is 2.04. The predicted octanol–water partition coefficient (Wildman–Crippen LogP) is 5.22. The molecule has 7 nitrogen and oxygen atoms in total. The summed E-state index contributed by atoms with van der Waals surface area (Å²) in [5.41, 5.74) is 3.04. The molecule has 0 aromatic heterocycles. The van der Waals surface area contributed by atoms with Crippen molar-refractivity contribution in [1.82, 2.24) is 10.2 Å². The monoisotopic (exact) mass is 549 g/mol. The highest BCUT2D eigenvalue weighted by Crippen LogP contribution is 2.26. The van der Waals surface area contributed by atoms with E-state index < -0.39 is 28.5 Å². The van der Waals surface area contributed by atoms with Crippen molar-refractivity contribution in [2.45, 2.75) is 71.0 Å². The SMILES string of the molecule is CC[C@H](C)NC(=O)[C@H](CC)N(Cc1ccccc1)C(=O)CN(c1cccc(C)c1)S(=O)(=O)c1ccc(C)cc1. The molecular weight excluding hydrogens is 510 g/mol. The Kier molecular flexibility index (Phi) is 10.3. The molecule has 39 heavy (non-hydrogen) atoms. The van der Waals surface area contributed by atoms with Crippen molar-refractivity contribution >= 4 is 27.5 Å². The van der Waals surface area contributed by atoms with Crippen molar-refractivity contribution in [3.05, 3.63) is 95.6 Å². The van der Waals surface area contributed by atoms with E-state index in [1.165, 1.54) is 4.90 Å². The van der Waals surface area contributed by atoms with Crippen LogP contribution in [0.2, 0.25) is 0 Å². The highest BCUT2D eigenvalue weighted by Gasteiger charge is 2.34. The lowest BCUT2D eigenvalue weighted by Gasteiger charge is -2.33. The lowest BCUT2D eigenvalue weighted by Crippen LogP contribution is -2.53. The molecule has 3 aromatic rings. The van der Waals surface area contributed by atoms with E-state index in [0.29, 0.717) is 12.1 Å². The van der Waals surface area contributed by atoms with Crippen molar-refractivity contribution < 1.29 is 18.0 Å². The van der Waals surface area contributed by atoms with Gasteiger partial charge in [0.1, 0.15) is 12.6 Å². The van der Waals surface area contributed by atoms with Crippen LogP contribution < -0.4 is 9.62 Å². The molecular formula is C31H39N3O4S. The molecule has 2 amide bonds. The van der Waals surface area contributed by atoms with Gasteiger partial charge in [-0.05, 0) is 69.0 Å². The van der Waals surface area contributed by atoms with Crippen molar-refractivity contribution in [1.29, 1.82) is 0 Å². The number of hydrogen-bond donors (Lipinski definition) is 1. The van der Waals surface area contributed by atoms with Gasteiger partial charge in [0.2, 0.25) is 11.8 Å². The van der Waals surface area contributed by atoms with Gasteiger partial charge in [0, 0.05) is 12.6 Å². The van der Waals surface area contributed by atoms with Gasteiger partial charge >= 0.3 is 0 Å². The molecule has 3 rings (SSSR count). The second kappa shape index (κ2) is 13.4. The average molecular weight is 550 g/mol. The second-order valence-electron chi connectivity index (χ2n) is 9.91. The topological polar surface area (TPSA) is 86.8 Å². The minimum absolute atomic E-state index is 0.0501. The first-order valence-corrected chi connectivity index (χ1v) is 14.8. The van der Waals surface area contributed by atoms with Crippen LogP contribution in [0.5, 0.6) is 0 Å². The van der Waals surface area contributed by atoms with Crippen LogP contribution in [0, 0.1) is 13.8 Å². The number of anilines is 1. The van der Waals surface area contributed by atoms with E-state index >= 15 is 0 Å². The summed E-state index contributed by atoms with van der Waals surface area (Å²) in [5.74, 6) is -0.707. The van der Waals surface area contributed by atoms with Crippen molar-refractivity contribution in [2.24, 2.45) is 0 Å². The van der Waals surface area contributed by atoms with Crippen LogP contribution in [0.25, 0.3) is 0 Å². The molecule has 0 spiro atoms. The molecule has 1 N–H and O–H groups in total. The van der Waals surface area contributed by atoms with E-state index in [1.54, 1.807) is 42.5 Å². The number of aryl methyl sites for hydroxylation is 2. The molecule has 0 radical (unpaired) electrons. The summed E-state index contributed by atoms with van der Waals surface area (Å²) in [6.45, 7) is 9.24. The van der Waals surface area contributed by atoms with Gasteiger partial charge in [0.15, 0.2) is 0 Å². The summed E-state index contributed by atoms with van der Waals surface area (Å²) in [7, 11) is -4.08. The molecule has 208 valence electrons. The molecule has 0 saturated heterocycles. The Bertz CT molecular complexity index is 1360. The lowest BCUT2D eigenvalue weighted by atomic mass is 10.1. The molecule has 0 unspecified atom stereocenters. The number of rotatable bonds is 12. The van der Waals surface area contributed by atoms with E-state index in [-0.39, 0.29) is 23.4 Å². The summed E-state index contributed by atoms with van der Waals surface area (Å²) < 4.78 is 29.0. The molecule has 0 aliphatic rings. The van der Waals surface area contributed by atoms with Crippen molar-refractivity contribution in [3.63, 3.8) is 0 Å². The van der Waals surface area contributed by atoms with Gasteiger partial charge < -0.3 is 10.2 Å². The normalized spacial score (nSPS) is 12.8. The van der Waals surface area contributed by atoms with Gasteiger partial charge in [0.25, 0.3) is 10.0 Å². The molecule has 0 saturated carbocycles. The standard InChI is InChI=1S/C31H39N3O4S/c1-6-25(5)32-31(36)29(7-2)33(21-26-13-9-8-10-14-26)30(35)22-34(27-15-11-12-24(4)20-27)39(37,38)28-18-16-23(3)17-19-28/h8-20,25,29H,6-7,21-22H2,1-5H3,(H,32,36)/t25-,29-/m0/s1. The quantitative estimate of drug-likeness (QED) is 0.336. The number of carbonyl (C=O) groups excluding carboxylic acids is 2. The van der Waals surface area contributed by atoms with Crippen LogP contribution in [0.15, 0.2) is 83.8 Å². The molecule has 2 atom stereocenters. The summed E-state index contributed by atoms with van der Waals surface area (Å²) in [6.07, 6.45) is 1.14. The Hall–Kier alpha value is -3.65. The van der Waals surface area contributed by atoms with Crippen LogP contribution in [-0.2, 0) is 26.2 Å². The maximum absolute atomic E-state index is 14.0. The van der Waals surface area contributed by atoms with Crippen LogP contribution in [0.4, 0.5) is 5.69 Å². The minimum Gasteiger partial charge on any atom is -0.352 e. The van der Waals surface area contributed by atoms with E-state index in [9.17, 15) is 18.0 Å². The zero-order valence-corrected chi connectivity index (χ0v) is 24.2. The zero-order valence-electron chi connectivity index (χ0n) is 23.4. The maximum Gasteiger partial charge on any atom is 0.264 e.